The molecule has 1 aliphatic carbocycles. The van der Waals surface area contributed by atoms with E-state index in [1.54, 1.807) is 12.1 Å². The van der Waals surface area contributed by atoms with E-state index in [2.05, 4.69) is 11.6 Å². The Balaban J connectivity index is 2.30. The minimum Gasteiger partial charge on any atom is -0.495 e. The second-order valence-corrected chi connectivity index (χ2v) is 7.51. The zero-order valence-electron chi connectivity index (χ0n) is 13.1. The highest BCUT2D eigenvalue weighted by atomic mass is 32.2. The number of nitrogens with one attached hydrogen (secondary N) is 1. The number of sulfonamides is 1. The minimum atomic E-state index is -3.54. The monoisotopic (exact) mass is 311 g/mol. The molecule has 0 aromatic heterocycles. The lowest BCUT2D eigenvalue weighted by molar-refractivity contribution is 0.310. The molecule has 2 rings (SSSR count). The fraction of sp³-hybridized carbons (Fsp3) is 0.625. The standard InChI is InChI=1S/C16H25NO3S/c1-4-13-9-10-15(20-3)16(11-13)21(18,19)17-14-8-6-5-7-12(14)2/h9-12,14,17H,4-8H2,1-3H3/t12-,14-/m1/s1. The van der Waals surface area contributed by atoms with E-state index in [0.717, 1.165) is 31.2 Å². The van der Waals surface area contributed by atoms with Crippen LogP contribution in [0.2, 0.25) is 0 Å². The van der Waals surface area contributed by atoms with Crippen molar-refractivity contribution in [1.82, 2.24) is 4.72 Å². The van der Waals surface area contributed by atoms with Gasteiger partial charge in [-0.15, -0.1) is 0 Å². The van der Waals surface area contributed by atoms with Crippen LogP contribution < -0.4 is 9.46 Å². The third kappa shape index (κ3) is 3.77. The summed E-state index contributed by atoms with van der Waals surface area (Å²) in [6.45, 7) is 4.13. The van der Waals surface area contributed by atoms with Crippen LogP contribution >= 0.6 is 0 Å². The van der Waals surface area contributed by atoms with Crippen molar-refractivity contribution in [3.8, 4) is 5.75 Å². The van der Waals surface area contributed by atoms with Crippen LogP contribution in [0.15, 0.2) is 23.1 Å². The highest BCUT2D eigenvalue weighted by Gasteiger charge is 2.28. The molecule has 0 unspecified atom stereocenters. The molecular weight excluding hydrogens is 286 g/mol. The number of rotatable bonds is 5. The summed E-state index contributed by atoms with van der Waals surface area (Å²) in [5, 5.41) is 0. The predicted molar refractivity (Wildman–Crippen MR) is 84.1 cm³/mol. The maximum Gasteiger partial charge on any atom is 0.244 e. The lowest BCUT2D eigenvalue weighted by Gasteiger charge is -2.29. The van der Waals surface area contributed by atoms with E-state index in [4.69, 9.17) is 4.74 Å². The Bertz CT molecular complexity index is 583. The Kier molecular flexibility index (Phi) is 5.27. The first-order valence-electron chi connectivity index (χ1n) is 7.67. The van der Waals surface area contributed by atoms with Crippen molar-refractivity contribution < 1.29 is 13.2 Å². The maximum absolute atomic E-state index is 12.7. The zero-order valence-corrected chi connectivity index (χ0v) is 13.9. The molecule has 21 heavy (non-hydrogen) atoms. The Labute approximate surface area is 127 Å². The number of hydrogen-bond donors (Lipinski definition) is 1. The molecule has 0 bridgehead atoms. The third-order valence-electron chi connectivity index (χ3n) is 4.34. The highest BCUT2D eigenvalue weighted by Crippen LogP contribution is 2.29. The summed E-state index contributed by atoms with van der Waals surface area (Å²) in [6.07, 6.45) is 5.07. The van der Waals surface area contributed by atoms with Crippen molar-refractivity contribution in [2.24, 2.45) is 5.92 Å². The van der Waals surface area contributed by atoms with E-state index in [1.165, 1.54) is 13.5 Å². The molecule has 0 aliphatic heterocycles. The van der Waals surface area contributed by atoms with Gasteiger partial charge in [0.25, 0.3) is 0 Å². The summed E-state index contributed by atoms with van der Waals surface area (Å²) < 4.78 is 33.5. The number of benzene rings is 1. The van der Waals surface area contributed by atoms with Gasteiger partial charge >= 0.3 is 0 Å². The first-order valence-corrected chi connectivity index (χ1v) is 9.15. The van der Waals surface area contributed by atoms with E-state index in [1.807, 2.05) is 13.0 Å². The minimum absolute atomic E-state index is 0.0266. The topological polar surface area (TPSA) is 55.4 Å². The van der Waals surface area contributed by atoms with Crippen LogP contribution in [0.4, 0.5) is 0 Å². The molecule has 1 aliphatic rings. The number of hydrogen-bond acceptors (Lipinski definition) is 3. The van der Waals surface area contributed by atoms with Gasteiger partial charge in [0.1, 0.15) is 10.6 Å². The smallest absolute Gasteiger partial charge is 0.244 e. The highest BCUT2D eigenvalue weighted by molar-refractivity contribution is 7.89. The summed E-state index contributed by atoms with van der Waals surface area (Å²) >= 11 is 0. The molecule has 0 saturated heterocycles. The molecule has 0 heterocycles. The lowest BCUT2D eigenvalue weighted by atomic mass is 9.87. The number of aryl methyl sites for hydroxylation is 1. The molecule has 1 aromatic rings. The van der Waals surface area contributed by atoms with Crippen molar-refractivity contribution in [3.05, 3.63) is 23.8 Å². The van der Waals surface area contributed by atoms with Gasteiger partial charge in [0.15, 0.2) is 0 Å². The van der Waals surface area contributed by atoms with Gasteiger partial charge in [-0.05, 0) is 42.9 Å². The molecule has 2 atom stereocenters. The molecule has 1 aromatic carbocycles. The van der Waals surface area contributed by atoms with Crippen molar-refractivity contribution in [2.75, 3.05) is 7.11 Å². The average molecular weight is 311 g/mol. The zero-order chi connectivity index (χ0) is 15.5. The van der Waals surface area contributed by atoms with E-state index >= 15 is 0 Å². The molecule has 1 saturated carbocycles. The van der Waals surface area contributed by atoms with Crippen LogP contribution in [0, 0.1) is 5.92 Å². The van der Waals surface area contributed by atoms with E-state index in [0.29, 0.717) is 11.7 Å². The predicted octanol–water partition coefficient (Wildman–Crippen LogP) is 3.11. The van der Waals surface area contributed by atoms with Gasteiger partial charge in [0.2, 0.25) is 10.0 Å². The second kappa shape index (κ2) is 6.79. The van der Waals surface area contributed by atoms with Gasteiger partial charge in [-0.3, -0.25) is 0 Å². The van der Waals surface area contributed by atoms with E-state index in [9.17, 15) is 8.42 Å². The first kappa shape index (κ1) is 16.3. The van der Waals surface area contributed by atoms with E-state index < -0.39 is 10.0 Å². The van der Waals surface area contributed by atoms with Crippen LogP contribution in [0.5, 0.6) is 5.75 Å². The molecule has 4 nitrogen and oxygen atoms in total. The lowest BCUT2D eigenvalue weighted by Crippen LogP contribution is -2.41. The van der Waals surface area contributed by atoms with E-state index in [-0.39, 0.29) is 10.9 Å². The van der Waals surface area contributed by atoms with Gasteiger partial charge in [-0.1, -0.05) is 32.8 Å². The Morgan fingerprint density at radius 1 is 1.29 bits per heavy atom. The van der Waals surface area contributed by atoms with Crippen LogP contribution in [0.3, 0.4) is 0 Å². The van der Waals surface area contributed by atoms with Crippen molar-refractivity contribution in [3.63, 3.8) is 0 Å². The molecule has 5 heteroatoms. The quantitative estimate of drug-likeness (QED) is 0.909. The molecule has 0 spiro atoms. The van der Waals surface area contributed by atoms with Crippen LogP contribution in [0.1, 0.15) is 45.1 Å². The summed E-state index contributed by atoms with van der Waals surface area (Å²) in [5.74, 6) is 0.789. The molecule has 0 amide bonds. The third-order valence-corrected chi connectivity index (χ3v) is 5.85. The van der Waals surface area contributed by atoms with Gasteiger partial charge in [-0.25, -0.2) is 13.1 Å². The van der Waals surface area contributed by atoms with Crippen LogP contribution in [0.25, 0.3) is 0 Å². The summed E-state index contributed by atoms with van der Waals surface area (Å²) in [5.41, 5.74) is 0.993. The van der Waals surface area contributed by atoms with Gasteiger partial charge < -0.3 is 4.74 Å². The Morgan fingerprint density at radius 3 is 2.62 bits per heavy atom. The summed E-state index contributed by atoms with van der Waals surface area (Å²) in [4.78, 5) is 0.252. The van der Waals surface area contributed by atoms with Gasteiger partial charge in [0.05, 0.1) is 7.11 Å². The Hall–Kier alpha value is -1.07. The molecule has 1 N–H and O–H groups in total. The normalized spacial score (nSPS) is 23.0. The van der Waals surface area contributed by atoms with Crippen molar-refractivity contribution >= 4 is 10.0 Å². The van der Waals surface area contributed by atoms with Gasteiger partial charge in [-0.2, -0.15) is 0 Å². The number of methoxy groups -OCH3 is 1. The SMILES string of the molecule is CCc1ccc(OC)c(S(=O)(=O)N[C@@H]2CCCC[C@H]2C)c1. The molecular formula is C16H25NO3S. The fourth-order valence-corrected chi connectivity index (χ4v) is 4.50. The molecule has 0 radical (unpaired) electrons. The fourth-order valence-electron chi connectivity index (χ4n) is 2.91. The summed E-state index contributed by atoms with van der Waals surface area (Å²) in [6, 6.07) is 5.38. The van der Waals surface area contributed by atoms with Crippen molar-refractivity contribution in [1.29, 1.82) is 0 Å². The number of ether oxygens (including phenoxy) is 1. The average Bonchev–Trinajstić information content (AvgIpc) is 2.48. The molecule has 118 valence electrons. The maximum atomic E-state index is 12.7. The molecule has 1 fully saturated rings. The summed E-state index contributed by atoms with van der Waals surface area (Å²) in [7, 11) is -2.04. The van der Waals surface area contributed by atoms with Gasteiger partial charge in [0, 0.05) is 6.04 Å². The van der Waals surface area contributed by atoms with Crippen LogP contribution in [-0.2, 0) is 16.4 Å². The second-order valence-electron chi connectivity index (χ2n) is 5.83. The van der Waals surface area contributed by atoms with Crippen molar-refractivity contribution in [2.45, 2.75) is 56.9 Å². The first-order chi connectivity index (χ1) is 9.97. The largest absolute Gasteiger partial charge is 0.495 e. The van der Waals surface area contributed by atoms with Crippen LogP contribution in [-0.4, -0.2) is 21.6 Å². The Morgan fingerprint density at radius 2 is 2.00 bits per heavy atom.